The Morgan fingerprint density at radius 3 is 1.04 bits per heavy atom. The number of nitrogens with two attached hydrogens (primary N) is 3. The van der Waals surface area contributed by atoms with Gasteiger partial charge in [-0.3, -0.25) is 9.44 Å². The lowest BCUT2D eigenvalue weighted by molar-refractivity contribution is 0.00578. The second kappa shape index (κ2) is 55.0. The number of sulfonamides is 2. The maximum atomic E-state index is 13.4. The standard InChI is InChI=1S/C26H31FN4O5S.C21H34BNO5.C21H23FN4O3S.C21H29N3O3.C6H7ClN2.C5H3ClFNO2S/c1-18-13-14-22(31-37(33,34)23-12-7-11-21(27)29-23)30-24(18)20-10-6-5-9-19(20)17-35-16-8-15-28-25(32)36-26(2,3)4;1-19(2,3)26-18(24)23-13-10-14-25-15-16-11-8-9-12-17(16)22-27-20(4,5)21(6,7)28-22;1-15-10-11-19(26-30(27,28)20-9-4-8-18(22)24-20)25-21(15)17-7-3-2-6-16(17)14-29-13-5-12-23;1-15-10-11-18(22)24-19(15)17-9-6-5-8-16(17)14-26-13-7-12-23-20(25)27-21(2,3)4;1-4-2-3-5(8)9-6(4)7;6-11(9,10)5-3-1-2-4(7)8-5/h5-7,9-14H,8,15-17H2,1-4H3,(H,28,32)(H,30,31);8-9,11-12H,10,13-15H2,1-7H3,(H,23,24);2-4,6-11H,5,12-14,23H2,1H3,(H,25,26);5-6,8-11H,7,12-14H2,1-4H3,(H2,22,24)(H,23,25);2-3H,1H3,(H2,8,9);1-3H. The van der Waals surface area contributed by atoms with Crippen molar-refractivity contribution in [2.24, 2.45) is 5.73 Å². The Hall–Kier alpha value is -12.1. The summed E-state index contributed by atoms with van der Waals surface area (Å²) in [5, 5.41) is 7.30. The number of alkyl carbamates (subject to hydrolysis) is 3. The van der Waals surface area contributed by atoms with Gasteiger partial charge in [0.2, 0.25) is 17.8 Å². The van der Waals surface area contributed by atoms with E-state index in [1.54, 1.807) is 51.1 Å². The summed E-state index contributed by atoms with van der Waals surface area (Å²) in [5.74, 6) is -1.48. The van der Waals surface area contributed by atoms with Crippen molar-refractivity contribution in [3.05, 3.63) is 268 Å². The fourth-order valence-corrected chi connectivity index (χ4v) is 15.3. The van der Waals surface area contributed by atoms with Crippen molar-refractivity contribution in [1.82, 2.24) is 50.8 Å². The van der Waals surface area contributed by atoms with Crippen molar-refractivity contribution in [2.75, 3.05) is 73.5 Å². The number of hydrogen-bond donors (Lipinski definition) is 8. The van der Waals surface area contributed by atoms with E-state index in [9.17, 15) is 52.8 Å². The van der Waals surface area contributed by atoms with Gasteiger partial charge in [0, 0.05) is 73.4 Å². The maximum absolute atomic E-state index is 13.4. The lowest BCUT2D eigenvalue weighted by Gasteiger charge is -2.32. The molecule has 42 heteroatoms. The molecule has 142 heavy (non-hydrogen) atoms. The zero-order chi connectivity index (χ0) is 105. The molecule has 1 saturated heterocycles. The lowest BCUT2D eigenvalue weighted by atomic mass is 9.76. The first-order chi connectivity index (χ1) is 66.7. The van der Waals surface area contributed by atoms with Crippen LogP contribution in [0, 0.1) is 45.5 Å². The number of pyridine rings is 7. The second-order valence-electron chi connectivity index (χ2n) is 36.0. The van der Waals surface area contributed by atoms with E-state index in [0.29, 0.717) is 126 Å². The Bertz CT molecular complexity index is 6340. The molecule has 11 N–H and O–H groups in total. The Labute approximate surface area is 839 Å². The molecule has 11 aromatic rings. The Kier molecular flexibility index (Phi) is 45.3. The van der Waals surface area contributed by atoms with E-state index in [-0.39, 0.29) is 22.8 Å². The number of aryl methyl sites for hydroxylation is 4. The highest BCUT2D eigenvalue weighted by molar-refractivity contribution is 8.13. The van der Waals surface area contributed by atoms with Crippen LogP contribution in [0.3, 0.4) is 0 Å². The minimum atomic E-state index is -4.12. The molecule has 0 spiro atoms. The Balaban J connectivity index is 0.000000242. The van der Waals surface area contributed by atoms with Crippen LogP contribution in [0.5, 0.6) is 0 Å². The number of nitrogens with one attached hydrogen (secondary N) is 5. The first kappa shape index (κ1) is 117. The average Bonchev–Trinajstić information content (AvgIpc) is 1.62. The van der Waals surface area contributed by atoms with Crippen molar-refractivity contribution in [1.29, 1.82) is 0 Å². The van der Waals surface area contributed by atoms with Crippen LogP contribution in [0.15, 0.2) is 215 Å². The quantitative estimate of drug-likeness (QED) is 0.00610. The Morgan fingerprint density at radius 2 is 0.704 bits per heavy atom. The number of aromatic nitrogens is 7. The molecule has 12 rings (SSSR count). The van der Waals surface area contributed by atoms with Crippen LogP contribution in [-0.2, 0) is 98.0 Å². The van der Waals surface area contributed by atoms with E-state index < -0.39 is 104 Å². The van der Waals surface area contributed by atoms with Crippen LogP contribution >= 0.6 is 22.3 Å². The number of nitrogens with zero attached hydrogens (tertiary/aromatic N) is 7. The number of nitrogen functional groups attached to an aromatic ring is 2. The predicted octanol–water partition coefficient (Wildman–Crippen LogP) is 18.3. The smallest absolute Gasteiger partial charge is 0.444 e. The molecule has 7 aromatic heterocycles. The SMILES string of the molecule is CC(C)(C)OC(=O)NCCCOCc1ccccc1B1OC(C)(C)C(C)(C)O1.Cc1ccc(N)nc1-c1ccccc1COCCCNC(=O)OC(C)(C)C.Cc1ccc(N)nc1Cl.Cc1ccc(NS(=O)(=O)c2cccc(F)n2)nc1-c1ccccc1COCCCN.Cc1ccc(NS(=O)(=O)c2cccc(F)n2)nc1-c1ccccc1COCCCNC(=O)OC(C)(C)C.O=S(=O)(Cl)c1cccc(F)n1. The van der Waals surface area contributed by atoms with Gasteiger partial charge in [0.1, 0.15) is 45.2 Å². The highest BCUT2D eigenvalue weighted by Crippen LogP contribution is 2.38. The minimum absolute atomic E-state index is 0.0793. The highest BCUT2D eigenvalue weighted by atomic mass is 35.7. The summed E-state index contributed by atoms with van der Waals surface area (Å²) in [4.78, 5) is 62.1. The summed E-state index contributed by atoms with van der Waals surface area (Å²) in [6.45, 7) is 37.9. The average molecular weight is 2060 g/mol. The number of carbonyl (C=O) groups excluding carboxylic acids is 3. The molecular formula is C100H127BCl2F3N15O18S3. The summed E-state index contributed by atoms with van der Waals surface area (Å²) in [6, 6.07) is 55.6. The molecule has 0 atom stereocenters. The number of halogens is 5. The topological polar surface area (TPSA) is 465 Å². The molecule has 8 heterocycles. The molecule has 1 aliphatic rings. The Morgan fingerprint density at radius 1 is 0.394 bits per heavy atom. The lowest BCUT2D eigenvalue weighted by Crippen LogP contribution is -2.41. The van der Waals surface area contributed by atoms with E-state index >= 15 is 0 Å². The molecule has 33 nitrogen and oxygen atoms in total. The molecule has 766 valence electrons. The first-order valence-electron chi connectivity index (χ1n) is 45.3. The summed E-state index contributed by atoms with van der Waals surface area (Å²) >= 11 is 5.62. The zero-order valence-corrected chi connectivity index (χ0v) is 86.7. The van der Waals surface area contributed by atoms with E-state index in [4.69, 9.17) is 82.0 Å². The highest BCUT2D eigenvalue weighted by Gasteiger charge is 2.52. The van der Waals surface area contributed by atoms with Crippen LogP contribution in [-0.4, -0.2) is 166 Å². The van der Waals surface area contributed by atoms with Crippen molar-refractivity contribution in [3.8, 4) is 33.8 Å². The maximum Gasteiger partial charge on any atom is 0.495 e. The molecular weight excluding hydrogens is 1930 g/mol. The summed E-state index contributed by atoms with van der Waals surface area (Å²) in [7, 11) is -7.64. The van der Waals surface area contributed by atoms with Crippen LogP contribution in [0.2, 0.25) is 5.15 Å². The van der Waals surface area contributed by atoms with Gasteiger partial charge in [-0.15, -0.1) is 0 Å². The van der Waals surface area contributed by atoms with Crippen LogP contribution in [0.1, 0.15) is 160 Å². The monoisotopic (exact) mass is 2060 g/mol. The number of hydrogen-bond acceptors (Lipinski definition) is 28. The molecule has 0 unspecified atom stereocenters. The summed E-state index contributed by atoms with van der Waals surface area (Å²) in [5.41, 5.74) is 27.7. The molecule has 0 saturated carbocycles. The van der Waals surface area contributed by atoms with Crippen molar-refractivity contribution < 1.29 is 95.3 Å². The van der Waals surface area contributed by atoms with E-state index in [1.807, 2.05) is 206 Å². The second-order valence-corrected chi connectivity index (χ2v) is 42.1. The van der Waals surface area contributed by atoms with Gasteiger partial charge < -0.3 is 75.6 Å². The fraction of sp³-hybridized carbons (Fsp3) is 0.380. The third kappa shape index (κ3) is 40.7. The molecule has 4 aromatic carbocycles. The van der Waals surface area contributed by atoms with Gasteiger partial charge >= 0.3 is 25.4 Å². The van der Waals surface area contributed by atoms with Crippen LogP contribution < -0.4 is 48.1 Å². The van der Waals surface area contributed by atoms with E-state index in [1.165, 1.54) is 36.4 Å². The number of ether oxygens (including phenoxy) is 7. The minimum Gasteiger partial charge on any atom is -0.444 e. The van der Waals surface area contributed by atoms with Gasteiger partial charge in [0.25, 0.3) is 29.1 Å². The fourth-order valence-electron chi connectivity index (χ4n) is 12.5. The van der Waals surface area contributed by atoms with Gasteiger partial charge in [-0.1, -0.05) is 151 Å². The van der Waals surface area contributed by atoms with Gasteiger partial charge in [-0.25, -0.2) is 57.7 Å². The first-order valence-corrected chi connectivity index (χ1v) is 50.9. The molecule has 0 bridgehead atoms. The molecule has 3 amide bonds. The number of amides is 3. The normalized spacial score (nSPS) is 12.7. The molecule has 0 aliphatic carbocycles. The third-order valence-corrected chi connectivity index (χ3v) is 24.1. The van der Waals surface area contributed by atoms with Crippen molar-refractivity contribution in [2.45, 2.75) is 213 Å². The van der Waals surface area contributed by atoms with Gasteiger partial charge in [0.15, 0.2) is 15.1 Å². The largest absolute Gasteiger partial charge is 0.495 e. The number of rotatable bonds is 34. The predicted molar refractivity (Wildman–Crippen MR) is 544 cm³/mol. The van der Waals surface area contributed by atoms with Crippen LogP contribution in [0.25, 0.3) is 33.8 Å². The third-order valence-electron chi connectivity index (χ3n) is 20.0. The molecule has 1 aliphatic heterocycles. The number of carbonyl (C=O) groups is 3. The summed E-state index contributed by atoms with van der Waals surface area (Å²) in [6.07, 6.45) is 1.50. The molecule has 0 radical (unpaired) electrons. The zero-order valence-electron chi connectivity index (χ0n) is 82.8. The van der Waals surface area contributed by atoms with Crippen molar-refractivity contribution >= 4 is 106 Å². The van der Waals surface area contributed by atoms with E-state index in [0.717, 1.165) is 103 Å². The van der Waals surface area contributed by atoms with Gasteiger partial charge in [-0.2, -0.15) is 30.0 Å². The van der Waals surface area contributed by atoms with Gasteiger partial charge in [-0.05, 0) is 261 Å². The van der Waals surface area contributed by atoms with Gasteiger partial charge in [0.05, 0.1) is 54.7 Å². The molecule has 1 fully saturated rings. The summed E-state index contributed by atoms with van der Waals surface area (Å²) < 4.78 is 166. The van der Waals surface area contributed by atoms with E-state index in [2.05, 4.69) is 60.3 Å². The van der Waals surface area contributed by atoms with Crippen LogP contribution in [0.4, 0.5) is 50.8 Å². The number of anilines is 4. The van der Waals surface area contributed by atoms with Crippen molar-refractivity contribution in [3.63, 3.8) is 0 Å². The number of benzene rings is 4.